The number of likely N-dealkylation sites (N-methyl/N-ethyl adjacent to an activating group) is 1. The van der Waals surface area contributed by atoms with Gasteiger partial charge in [-0.2, -0.15) is 0 Å². The number of nitrogens with zero attached hydrogens (tertiary/aromatic N) is 2. The number of para-hydroxylation sites is 1. The minimum Gasteiger partial charge on any atom is -0.343 e. The number of hydrogen-bond donors (Lipinski definition) is 0. The Balaban J connectivity index is 2.00. The minimum absolute atomic E-state index is 0.662. The molecular weight excluding hydrogens is 196 g/mol. The first-order valence-electron chi connectivity index (χ1n) is 5.99. The molecule has 1 heterocycles. The molecule has 0 bridgehead atoms. The van der Waals surface area contributed by atoms with Gasteiger partial charge in [0, 0.05) is 23.8 Å². The van der Waals surface area contributed by atoms with Crippen LogP contribution >= 0.6 is 0 Å². The fourth-order valence-corrected chi connectivity index (χ4v) is 2.79. The highest BCUT2D eigenvalue weighted by Crippen LogP contribution is 2.37. The van der Waals surface area contributed by atoms with Gasteiger partial charge in [0.2, 0.25) is 0 Å². The predicted molar refractivity (Wildman–Crippen MR) is 67.7 cm³/mol. The maximum Gasteiger partial charge on any atom is 0.0492 e. The van der Waals surface area contributed by atoms with Crippen molar-refractivity contribution in [3.05, 3.63) is 36.5 Å². The zero-order valence-corrected chi connectivity index (χ0v) is 9.93. The van der Waals surface area contributed by atoms with Crippen molar-refractivity contribution in [3.8, 4) is 0 Å². The van der Waals surface area contributed by atoms with E-state index in [1.54, 1.807) is 0 Å². The van der Waals surface area contributed by atoms with Crippen LogP contribution in [0.5, 0.6) is 0 Å². The second kappa shape index (κ2) is 3.63. The minimum atomic E-state index is 0.662. The fraction of sp³-hybridized carbons (Fsp3) is 0.429. The van der Waals surface area contributed by atoms with E-state index >= 15 is 0 Å². The molecule has 3 rings (SSSR count). The van der Waals surface area contributed by atoms with Crippen LogP contribution in [0.2, 0.25) is 0 Å². The van der Waals surface area contributed by atoms with E-state index in [0.717, 1.165) is 0 Å². The average Bonchev–Trinajstić information content (AvgIpc) is 2.60. The van der Waals surface area contributed by atoms with Crippen LogP contribution in [-0.4, -0.2) is 29.6 Å². The topological polar surface area (TPSA) is 8.17 Å². The van der Waals surface area contributed by atoms with E-state index in [9.17, 15) is 0 Å². The van der Waals surface area contributed by atoms with Gasteiger partial charge in [-0.1, -0.05) is 18.2 Å². The number of hydrogen-bond acceptors (Lipinski definition) is 1. The molecule has 1 aliphatic rings. The second-order valence-corrected chi connectivity index (χ2v) is 4.96. The second-order valence-electron chi connectivity index (χ2n) is 4.96. The highest BCUT2D eigenvalue weighted by atomic mass is 15.2. The molecule has 1 aromatic carbocycles. The first-order chi connectivity index (χ1) is 7.77. The average molecular weight is 214 g/mol. The van der Waals surface area contributed by atoms with Gasteiger partial charge < -0.3 is 9.47 Å². The Hall–Kier alpha value is -1.28. The molecule has 16 heavy (non-hydrogen) atoms. The van der Waals surface area contributed by atoms with Crippen molar-refractivity contribution in [2.75, 3.05) is 14.1 Å². The van der Waals surface area contributed by atoms with Crippen molar-refractivity contribution in [1.29, 1.82) is 0 Å². The van der Waals surface area contributed by atoms with Gasteiger partial charge in [0.15, 0.2) is 0 Å². The molecule has 2 nitrogen and oxygen atoms in total. The lowest BCUT2D eigenvalue weighted by molar-refractivity contribution is 0.116. The van der Waals surface area contributed by atoms with E-state index in [1.165, 1.54) is 23.7 Å². The molecule has 0 amide bonds. The van der Waals surface area contributed by atoms with Gasteiger partial charge in [0.05, 0.1) is 0 Å². The molecular formula is C14H18N2. The Morgan fingerprint density at radius 3 is 2.62 bits per heavy atom. The molecule has 1 aromatic heterocycles. The first-order valence-corrected chi connectivity index (χ1v) is 5.99. The normalized spacial score (nSPS) is 24.9. The van der Waals surface area contributed by atoms with E-state index < -0.39 is 0 Å². The predicted octanol–water partition coefficient (Wildman–Crippen LogP) is 2.91. The summed E-state index contributed by atoms with van der Waals surface area (Å²) in [4.78, 5) is 2.35. The van der Waals surface area contributed by atoms with Crippen LogP contribution < -0.4 is 0 Å². The van der Waals surface area contributed by atoms with E-state index in [1.807, 2.05) is 0 Å². The standard InChI is InChI=1S/C14H18N2/c1-15(2)13-7-8-14(13)16-10-9-11-5-3-4-6-12(11)16/h3-6,9-10,13-14H,7-8H2,1-2H3. The summed E-state index contributed by atoms with van der Waals surface area (Å²) in [6.07, 6.45) is 4.87. The molecule has 2 aromatic rings. The summed E-state index contributed by atoms with van der Waals surface area (Å²) in [6, 6.07) is 12.2. The summed E-state index contributed by atoms with van der Waals surface area (Å²) in [5.74, 6) is 0. The first kappa shape index (κ1) is 9.91. The summed E-state index contributed by atoms with van der Waals surface area (Å²) in [5.41, 5.74) is 1.37. The molecule has 2 atom stereocenters. The van der Waals surface area contributed by atoms with Crippen LogP contribution in [0.4, 0.5) is 0 Å². The molecule has 0 spiro atoms. The quantitative estimate of drug-likeness (QED) is 0.746. The van der Waals surface area contributed by atoms with Gasteiger partial charge in [-0.25, -0.2) is 0 Å². The third-order valence-corrected chi connectivity index (χ3v) is 3.85. The fourth-order valence-electron chi connectivity index (χ4n) is 2.79. The van der Waals surface area contributed by atoms with Gasteiger partial charge in [0.1, 0.15) is 0 Å². The zero-order chi connectivity index (χ0) is 11.1. The van der Waals surface area contributed by atoms with Crippen molar-refractivity contribution in [1.82, 2.24) is 9.47 Å². The lowest BCUT2D eigenvalue weighted by Crippen LogP contribution is -2.43. The highest BCUT2D eigenvalue weighted by molar-refractivity contribution is 5.80. The SMILES string of the molecule is CN(C)C1CCC1n1ccc2ccccc21. The Bertz CT molecular complexity index is 498. The van der Waals surface area contributed by atoms with Crippen molar-refractivity contribution in [2.45, 2.75) is 24.9 Å². The van der Waals surface area contributed by atoms with Gasteiger partial charge >= 0.3 is 0 Å². The lowest BCUT2D eigenvalue weighted by atomic mass is 9.85. The van der Waals surface area contributed by atoms with E-state index in [-0.39, 0.29) is 0 Å². The smallest absolute Gasteiger partial charge is 0.0492 e. The van der Waals surface area contributed by atoms with Crippen LogP contribution in [-0.2, 0) is 0 Å². The summed E-state index contributed by atoms with van der Waals surface area (Å²) >= 11 is 0. The maximum atomic E-state index is 2.45. The largest absolute Gasteiger partial charge is 0.343 e. The van der Waals surface area contributed by atoms with Crippen molar-refractivity contribution in [2.24, 2.45) is 0 Å². The van der Waals surface area contributed by atoms with E-state index in [2.05, 4.69) is 60.1 Å². The monoisotopic (exact) mass is 214 g/mol. The Labute approximate surface area is 96.5 Å². The number of benzene rings is 1. The van der Waals surface area contributed by atoms with Crippen LogP contribution in [0.3, 0.4) is 0 Å². The van der Waals surface area contributed by atoms with Crippen LogP contribution in [0.1, 0.15) is 18.9 Å². The van der Waals surface area contributed by atoms with Gasteiger partial charge in [-0.15, -0.1) is 0 Å². The van der Waals surface area contributed by atoms with Gasteiger partial charge in [0.25, 0.3) is 0 Å². The van der Waals surface area contributed by atoms with Crippen LogP contribution in [0.25, 0.3) is 10.9 Å². The number of rotatable bonds is 2. The van der Waals surface area contributed by atoms with E-state index in [0.29, 0.717) is 12.1 Å². The Kier molecular flexibility index (Phi) is 2.25. The number of fused-ring (bicyclic) bond motifs is 1. The summed E-state index contributed by atoms with van der Waals surface area (Å²) in [6.45, 7) is 0. The Morgan fingerprint density at radius 1 is 1.12 bits per heavy atom. The lowest BCUT2D eigenvalue weighted by Gasteiger charge is -2.42. The third-order valence-electron chi connectivity index (χ3n) is 3.85. The molecule has 1 saturated carbocycles. The third kappa shape index (κ3) is 1.37. The molecule has 1 aliphatic carbocycles. The van der Waals surface area contributed by atoms with Gasteiger partial charge in [-0.3, -0.25) is 0 Å². The molecule has 0 radical (unpaired) electrons. The highest BCUT2D eigenvalue weighted by Gasteiger charge is 2.33. The maximum absolute atomic E-state index is 2.45. The Morgan fingerprint density at radius 2 is 1.94 bits per heavy atom. The van der Waals surface area contributed by atoms with Crippen LogP contribution in [0.15, 0.2) is 36.5 Å². The molecule has 0 N–H and O–H groups in total. The molecule has 84 valence electrons. The molecule has 1 fully saturated rings. The summed E-state index contributed by atoms with van der Waals surface area (Å²) in [5, 5.41) is 1.35. The summed E-state index contributed by atoms with van der Waals surface area (Å²) in [7, 11) is 4.37. The van der Waals surface area contributed by atoms with Crippen molar-refractivity contribution in [3.63, 3.8) is 0 Å². The molecule has 2 heteroatoms. The van der Waals surface area contributed by atoms with Crippen molar-refractivity contribution < 1.29 is 0 Å². The summed E-state index contributed by atoms with van der Waals surface area (Å²) < 4.78 is 2.45. The van der Waals surface area contributed by atoms with E-state index in [4.69, 9.17) is 0 Å². The van der Waals surface area contributed by atoms with Crippen molar-refractivity contribution >= 4 is 10.9 Å². The van der Waals surface area contributed by atoms with Gasteiger partial charge in [-0.05, 0) is 44.5 Å². The molecule has 2 unspecified atom stereocenters. The number of aromatic nitrogens is 1. The molecule has 0 saturated heterocycles. The zero-order valence-electron chi connectivity index (χ0n) is 9.93. The van der Waals surface area contributed by atoms with Crippen LogP contribution in [0, 0.1) is 0 Å². The molecule has 0 aliphatic heterocycles.